The minimum Gasteiger partial charge on any atom is -0.355 e. The number of nitrogens with zero attached hydrogens (tertiary/aromatic N) is 1. The third-order valence-corrected chi connectivity index (χ3v) is 3.38. The van der Waals surface area contributed by atoms with Crippen molar-refractivity contribution in [3.8, 4) is 0 Å². The highest BCUT2D eigenvalue weighted by Crippen LogP contribution is 2.08. The summed E-state index contributed by atoms with van der Waals surface area (Å²) in [5.41, 5.74) is 0. The number of nitrogens with one attached hydrogen (secondary N) is 2. The lowest BCUT2D eigenvalue weighted by Gasteiger charge is -2.20. The molecule has 0 aromatic rings. The van der Waals surface area contributed by atoms with Gasteiger partial charge in [0.25, 0.3) is 0 Å². The topological polar surface area (TPSA) is 44.4 Å². The van der Waals surface area contributed by atoms with Crippen molar-refractivity contribution in [3.63, 3.8) is 0 Å². The molecule has 0 aliphatic carbocycles. The minimum atomic E-state index is 0.0594. The van der Waals surface area contributed by atoms with E-state index in [2.05, 4.69) is 15.5 Å². The van der Waals surface area contributed by atoms with Gasteiger partial charge in [-0.3, -0.25) is 4.79 Å². The van der Waals surface area contributed by atoms with Gasteiger partial charge in [-0.05, 0) is 33.0 Å². The van der Waals surface area contributed by atoms with Crippen molar-refractivity contribution in [2.45, 2.75) is 32.6 Å². The molecular weight excluding hydrogens is 214 g/mol. The summed E-state index contributed by atoms with van der Waals surface area (Å²) < 4.78 is 0. The average Bonchev–Trinajstić information content (AvgIpc) is 2.58. The fourth-order valence-electron chi connectivity index (χ4n) is 2.27. The average molecular weight is 241 g/mol. The Morgan fingerprint density at radius 2 is 1.88 bits per heavy atom. The van der Waals surface area contributed by atoms with E-state index in [9.17, 15) is 4.79 Å². The van der Waals surface area contributed by atoms with Crippen LogP contribution in [0.25, 0.3) is 0 Å². The predicted octanol–water partition coefficient (Wildman–Crippen LogP) is 0.834. The van der Waals surface area contributed by atoms with Crippen LogP contribution in [0.1, 0.15) is 32.6 Å². The first kappa shape index (κ1) is 14.5. The van der Waals surface area contributed by atoms with Gasteiger partial charge >= 0.3 is 0 Å². The Kier molecular flexibility index (Phi) is 7.21. The van der Waals surface area contributed by atoms with Gasteiger partial charge in [0.2, 0.25) is 5.91 Å². The highest BCUT2D eigenvalue weighted by Gasteiger charge is 2.12. The van der Waals surface area contributed by atoms with Gasteiger partial charge in [0.15, 0.2) is 0 Å². The van der Waals surface area contributed by atoms with Gasteiger partial charge in [-0.2, -0.15) is 0 Å². The number of rotatable bonds is 6. The largest absolute Gasteiger partial charge is 0.355 e. The van der Waals surface area contributed by atoms with E-state index in [1.165, 1.54) is 38.8 Å². The van der Waals surface area contributed by atoms with Crippen LogP contribution in [0.4, 0.5) is 0 Å². The Morgan fingerprint density at radius 3 is 2.47 bits per heavy atom. The van der Waals surface area contributed by atoms with Crippen LogP contribution in [0.3, 0.4) is 0 Å². The molecule has 17 heavy (non-hydrogen) atoms. The number of hydrogen-bond donors (Lipinski definition) is 2. The standard InChI is InChI=1S/C13H27N3O/c1-12(11-14-2)13(17)15-7-10-16-8-5-3-4-6-9-16/h12,14H,3-11H2,1-2H3,(H,15,17). The van der Waals surface area contributed by atoms with Crippen molar-refractivity contribution >= 4 is 5.91 Å². The summed E-state index contributed by atoms with van der Waals surface area (Å²) in [6.45, 7) is 6.88. The van der Waals surface area contributed by atoms with E-state index in [1.807, 2.05) is 14.0 Å². The Bertz CT molecular complexity index is 213. The number of hydrogen-bond acceptors (Lipinski definition) is 3. The SMILES string of the molecule is CNCC(C)C(=O)NCCN1CCCCCC1. The van der Waals surface area contributed by atoms with Crippen molar-refractivity contribution in [3.05, 3.63) is 0 Å². The van der Waals surface area contributed by atoms with E-state index in [0.717, 1.165) is 19.6 Å². The Labute approximate surface area is 105 Å². The summed E-state index contributed by atoms with van der Waals surface area (Å²) in [6, 6.07) is 0. The monoisotopic (exact) mass is 241 g/mol. The molecule has 1 fully saturated rings. The second-order valence-electron chi connectivity index (χ2n) is 5.01. The molecule has 0 saturated carbocycles. The third kappa shape index (κ3) is 6.03. The first-order chi connectivity index (χ1) is 8.24. The molecule has 0 bridgehead atoms. The predicted molar refractivity (Wildman–Crippen MR) is 71.0 cm³/mol. The number of amides is 1. The van der Waals surface area contributed by atoms with Gasteiger partial charge in [0, 0.05) is 25.6 Å². The summed E-state index contributed by atoms with van der Waals surface area (Å²) in [5.74, 6) is 0.221. The Balaban J connectivity index is 2.11. The van der Waals surface area contributed by atoms with Crippen LogP contribution in [-0.4, -0.2) is 50.6 Å². The van der Waals surface area contributed by atoms with Crippen LogP contribution >= 0.6 is 0 Å². The summed E-state index contributed by atoms with van der Waals surface area (Å²) in [4.78, 5) is 14.1. The molecule has 1 saturated heterocycles. The van der Waals surface area contributed by atoms with Gasteiger partial charge in [0.1, 0.15) is 0 Å². The number of likely N-dealkylation sites (tertiary alicyclic amines) is 1. The Hall–Kier alpha value is -0.610. The van der Waals surface area contributed by atoms with Gasteiger partial charge in [-0.1, -0.05) is 19.8 Å². The van der Waals surface area contributed by atoms with Crippen LogP contribution in [0.15, 0.2) is 0 Å². The quantitative estimate of drug-likeness (QED) is 0.724. The first-order valence-electron chi connectivity index (χ1n) is 6.88. The summed E-state index contributed by atoms with van der Waals surface area (Å²) in [5, 5.41) is 6.04. The Morgan fingerprint density at radius 1 is 1.24 bits per heavy atom. The molecule has 1 atom stereocenters. The van der Waals surface area contributed by atoms with Gasteiger partial charge in [-0.25, -0.2) is 0 Å². The van der Waals surface area contributed by atoms with Crippen LogP contribution in [-0.2, 0) is 4.79 Å². The third-order valence-electron chi connectivity index (χ3n) is 3.38. The van der Waals surface area contributed by atoms with Crippen molar-refractivity contribution < 1.29 is 4.79 Å². The molecular formula is C13H27N3O. The van der Waals surface area contributed by atoms with Crippen molar-refractivity contribution in [2.24, 2.45) is 5.92 Å². The van der Waals surface area contributed by atoms with Crippen LogP contribution in [0, 0.1) is 5.92 Å². The van der Waals surface area contributed by atoms with Crippen molar-refractivity contribution in [2.75, 3.05) is 39.8 Å². The lowest BCUT2D eigenvalue weighted by Crippen LogP contribution is -2.39. The second kappa shape index (κ2) is 8.48. The van der Waals surface area contributed by atoms with Crippen LogP contribution in [0.2, 0.25) is 0 Å². The number of carbonyl (C=O) groups excluding carboxylic acids is 1. The fourth-order valence-corrected chi connectivity index (χ4v) is 2.27. The summed E-state index contributed by atoms with van der Waals surface area (Å²) >= 11 is 0. The zero-order valence-corrected chi connectivity index (χ0v) is 11.3. The number of carbonyl (C=O) groups is 1. The highest BCUT2D eigenvalue weighted by atomic mass is 16.1. The zero-order chi connectivity index (χ0) is 12.5. The lowest BCUT2D eigenvalue weighted by molar-refractivity contribution is -0.124. The lowest BCUT2D eigenvalue weighted by atomic mass is 10.1. The fraction of sp³-hybridized carbons (Fsp3) is 0.923. The molecule has 2 N–H and O–H groups in total. The van der Waals surface area contributed by atoms with E-state index in [1.54, 1.807) is 0 Å². The maximum atomic E-state index is 11.7. The van der Waals surface area contributed by atoms with Crippen molar-refractivity contribution in [1.82, 2.24) is 15.5 Å². The molecule has 0 spiro atoms. The molecule has 0 aromatic heterocycles. The van der Waals surface area contributed by atoms with Crippen LogP contribution in [0.5, 0.6) is 0 Å². The molecule has 1 unspecified atom stereocenters. The van der Waals surface area contributed by atoms with E-state index >= 15 is 0 Å². The molecule has 1 rings (SSSR count). The summed E-state index contributed by atoms with van der Waals surface area (Å²) in [7, 11) is 1.88. The van der Waals surface area contributed by atoms with Crippen LogP contribution < -0.4 is 10.6 Å². The molecule has 0 radical (unpaired) electrons. The van der Waals surface area contributed by atoms with Gasteiger partial charge in [-0.15, -0.1) is 0 Å². The molecule has 1 aliphatic heterocycles. The zero-order valence-electron chi connectivity index (χ0n) is 11.3. The van der Waals surface area contributed by atoms with E-state index in [-0.39, 0.29) is 11.8 Å². The molecule has 1 amide bonds. The van der Waals surface area contributed by atoms with Crippen molar-refractivity contribution in [1.29, 1.82) is 0 Å². The normalized spacial score (nSPS) is 19.6. The molecule has 4 nitrogen and oxygen atoms in total. The minimum absolute atomic E-state index is 0.0594. The smallest absolute Gasteiger partial charge is 0.224 e. The van der Waals surface area contributed by atoms with Gasteiger partial charge in [0.05, 0.1) is 0 Å². The van der Waals surface area contributed by atoms with Gasteiger partial charge < -0.3 is 15.5 Å². The van der Waals surface area contributed by atoms with E-state index in [0.29, 0.717) is 0 Å². The summed E-state index contributed by atoms with van der Waals surface area (Å²) in [6.07, 6.45) is 5.35. The van der Waals surface area contributed by atoms with E-state index in [4.69, 9.17) is 0 Å². The molecule has 1 heterocycles. The maximum absolute atomic E-state index is 11.7. The second-order valence-corrected chi connectivity index (χ2v) is 5.01. The maximum Gasteiger partial charge on any atom is 0.224 e. The molecule has 100 valence electrons. The molecule has 4 heteroatoms. The first-order valence-corrected chi connectivity index (χ1v) is 6.88. The molecule has 1 aliphatic rings. The molecule has 0 aromatic carbocycles. The highest BCUT2D eigenvalue weighted by molar-refractivity contribution is 5.78. The van der Waals surface area contributed by atoms with E-state index < -0.39 is 0 Å².